The Bertz CT molecular complexity index is 1160. The molecule has 182 valence electrons. The Morgan fingerprint density at radius 3 is 2.11 bits per heavy atom. The van der Waals surface area contributed by atoms with Crippen molar-refractivity contribution >= 4 is 34.6 Å². The molecule has 2 amide bonds. The van der Waals surface area contributed by atoms with E-state index in [1.165, 1.54) is 6.07 Å². The van der Waals surface area contributed by atoms with Gasteiger partial charge in [0.2, 0.25) is 11.8 Å². The van der Waals surface area contributed by atoms with Gasteiger partial charge in [-0.1, -0.05) is 24.3 Å². The van der Waals surface area contributed by atoms with Gasteiger partial charge in [-0.05, 0) is 44.0 Å². The number of hydrogen-bond donors (Lipinski definition) is 0. The zero-order valence-corrected chi connectivity index (χ0v) is 19.6. The van der Waals surface area contributed by atoms with Crippen molar-refractivity contribution in [3.05, 3.63) is 64.7 Å². The van der Waals surface area contributed by atoms with Crippen LogP contribution in [0.1, 0.15) is 19.8 Å². The van der Waals surface area contributed by atoms with Crippen LogP contribution in [0.5, 0.6) is 5.75 Å². The summed E-state index contributed by atoms with van der Waals surface area (Å²) in [6.07, 6.45) is 4.91. The largest absolute Gasteiger partial charge is 0.492 e. The van der Waals surface area contributed by atoms with E-state index >= 15 is 0 Å². The molecule has 5 rings (SSSR count). The van der Waals surface area contributed by atoms with E-state index < -0.39 is 4.92 Å². The molecule has 3 aliphatic rings. The molecule has 0 bridgehead atoms. The lowest BCUT2D eigenvalue weighted by Gasteiger charge is -2.37. The molecule has 2 saturated heterocycles. The number of carbonyl (C=O) groups is 2. The Labute approximate surface area is 203 Å². The van der Waals surface area contributed by atoms with E-state index in [0.717, 1.165) is 16.3 Å². The second kappa shape index (κ2) is 9.40. The van der Waals surface area contributed by atoms with Crippen LogP contribution in [-0.2, 0) is 9.59 Å². The van der Waals surface area contributed by atoms with E-state index in [-0.39, 0.29) is 35.0 Å². The topological polar surface area (TPSA) is 96.2 Å². The van der Waals surface area contributed by atoms with Crippen molar-refractivity contribution in [2.24, 2.45) is 11.8 Å². The number of anilines is 3. The average molecular weight is 477 g/mol. The first kappa shape index (κ1) is 22.9. The average Bonchev–Trinajstić information content (AvgIpc) is 3.14. The van der Waals surface area contributed by atoms with Gasteiger partial charge in [-0.15, -0.1) is 0 Å². The molecule has 9 nitrogen and oxygen atoms in total. The van der Waals surface area contributed by atoms with Crippen LogP contribution in [0.2, 0.25) is 0 Å². The van der Waals surface area contributed by atoms with Gasteiger partial charge in [-0.2, -0.15) is 0 Å². The molecule has 9 heteroatoms. The first-order chi connectivity index (χ1) is 17.0. The maximum atomic E-state index is 12.9. The van der Waals surface area contributed by atoms with Gasteiger partial charge in [0.05, 0.1) is 34.7 Å². The van der Waals surface area contributed by atoms with Crippen molar-refractivity contribution < 1.29 is 19.2 Å². The number of piperazine rings is 1. The summed E-state index contributed by atoms with van der Waals surface area (Å²) >= 11 is 0. The molecule has 2 atom stereocenters. The number of benzene rings is 2. The van der Waals surface area contributed by atoms with Gasteiger partial charge in [-0.25, -0.2) is 4.90 Å². The van der Waals surface area contributed by atoms with Crippen molar-refractivity contribution in [2.45, 2.75) is 19.8 Å². The van der Waals surface area contributed by atoms with Gasteiger partial charge in [0.25, 0.3) is 5.69 Å². The predicted molar refractivity (Wildman–Crippen MR) is 133 cm³/mol. The summed E-state index contributed by atoms with van der Waals surface area (Å²) in [4.78, 5) is 42.8. The van der Waals surface area contributed by atoms with E-state index in [0.29, 0.717) is 51.3 Å². The Balaban J connectivity index is 1.36. The van der Waals surface area contributed by atoms with Gasteiger partial charge in [0.15, 0.2) is 0 Å². The maximum absolute atomic E-state index is 12.9. The van der Waals surface area contributed by atoms with Crippen LogP contribution in [0, 0.1) is 22.0 Å². The van der Waals surface area contributed by atoms with Gasteiger partial charge >= 0.3 is 0 Å². The Morgan fingerprint density at radius 1 is 0.914 bits per heavy atom. The standard InChI is InChI=1S/C26H28N4O5/c1-2-35-24-10-6-5-9-22(24)28-15-13-27(14-16-28)21-12-11-18(17-23(21)30(33)34)29-25(31)19-7-3-4-8-20(19)26(29)32/h3-6,9-12,17,19-20H,2,7-8,13-16H2,1H3/t19-,20-/m0/s1. The smallest absolute Gasteiger partial charge is 0.294 e. The van der Waals surface area contributed by atoms with Crippen LogP contribution in [0.3, 0.4) is 0 Å². The van der Waals surface area contributed by atoms with E-state index in [1.54, 1.807) is 12.1 Å². The molecule has 0 radical (unpaired) electrons. The molecule has 1 aliphatic carbocycles. The van der Waals surface area contributed by atoms with Crippen LogP contribution >= 0.6 is 0 Å². The summed E-state index contributed by atoms with van der Waals surface area (Å²) in [5.41, 5.74) is 1.68. The lowest BCUT2D eigenvalue weighted by atomic mass is 9.85. The highest BCUT2D eigenvalue weighted by Crippen LogP contribution is 2.40. The summed E-state index contributed by atoms with van der Waals surface area (Å²) in [6, 6.07) is 12.6. The molecule has 2 aliphatic heterocycles. The van der Waals surface area contributed by atoms with Crippen LogP contribution in [-0.4, -0.2) is 49.5 Å². The minimum absolute atomic E-state index is 0.0979. The summed E-state index contributed by atoms with van der Waals surface area (Å²) in [7, 11) is 0. The second-order valence-corrected chi connectivity index (χ2v) is 8.97. The zero-order chi connectivity index (χ0) is 24.5. The summed E-state index contributed by atoms with van der Waals surface area (Å²) in [5.74, 6) is -0.465. The molecule has 0 unspecified atom stereocenters. The molecule has 0 N–H and O–H groups in total. The monoisotopic (exact) mass is 476 g/mol. The zero-order valence-electron chi connectivity index (χ0n) is 19.6. The molecule has 2 aromatic rings. The highest BCUT2D eigenvalue weighted by molar-refractivity contribution is 6.22. The Hall–Kier alpha value is -3.88. The third-order valence-electron chi connectivity index (χ3n) is 7.05. The molecule has 0 saturated carbocycles. The number of fused-ring (bicyclic) bond motifs is 1. The van der Waals surface area contributed by atoms with Crippen molar-refractivity contribution in [3.63, 3.8) is 0 Å². The predicted octanol–water partition coefficient (Wildman–Crippen LogP) is 3.78. The number of nitro benzene ring substituents is 1. The fraction of sp³-hybridized carbons (Fsp3) is 0.385. The number of nitrogens with zero attached hydrogens (tertiary/aromatic N) is 4. The highest BCUT2D eigenvalue weighted by atomic mass is 16.6. The third kappa shape index (κ3) is 4.11. The number of carbonyl (C=O) groups excluding carboxylic acids is 2. The quantitative estimate of drug-likeness (QED) is 0.271. The van der Waals surface area contributed by atoms with Crippen molar-refractivity contribution in [1.82, 2.24) is 0 Å². The molecule has 2 heterocycles. The molecular weight excluding hydrogens is 448 g/mol. The Morgan fingerprint density at radius 2 is 1.51 bits per heavy atom. The number of ether oxygens (including phenoxy) is 1. The number of rotatable bonds is 6. The summed E-state index contributed by atoms with van der Waals surface area (Å²) in [5, 5.41) is 12.0. The van der Waals surface area contributed by atoms with Crippen molar-refractivity contribution in [2.75, 3.05) is 47.5 Å². The molecule has 0 aromatic heterocycles. The lowest BCUT2D eigenvalue weighted by molar-refractivity contribution is -0.384. The number of hydrogen-bond acceptors (Lipinski definition) is 7. The van der Waals surface area contributed by atoms with Gasteiger partial charge in [0.1, 0.15) is 11.4 Å². The number of para-hydroxylation sites is 2. The van der Waals surface area contributed by atoms with Crippen molar-refractivity contribution in [1.29, 1.82) is 0 Å². The minimum atomic E-state index is -0.435. The first-order valence-electron chi connectivity index (χ1n) is 12.0. The molecule has 35 heavy (non-hydrogen) atoms. The van der Waals surface area contributed by atoms with Crippen molar-refractivity contribution in [3.8, 4) is 5.75 Å². The summed E-state index contributed by atoms with van der Waals surface area (Å²) in [6.45, 7) is 5.09. The van der Waals surface area contributed by atoms with E-state index in [9.17, 15) is 19.7 Å². The number of nitro groups is 1. The molecule has 2 fully saturated rings. The minimum Gasteiger partial charge on any atom is -0.492 e. The number of allylic oxidation sites excluding steroid dienone is 2. The lowest BCUT2D eigenvalue weighted by Crippen LogP contribution is -2.46. The number of amides is 2. The summed E-state index contributed by atoms with van der Waals surface area (Å²) < 4.78 is 5.76. The van der Waals surface area contributed by atoms with E-state index in [1.807, 2.05) is 48.2 Å². The van der Waals surface area contributed by atoms with Gasteiger partial charge < -0.3 is 14.5 Å². The Kier molecular flexibility index (Phi) is 6.15. The highest BCUT2D eigenvalue weighted by Gasteiger charge is 2.48. The van der Waals surface area contributed by atoms with Gasteiger partial charge in [-0.3, -0.25) is 19.7 Å². The first-order valence-corrected chi connectivity index (χ1v) is 12.0. The van der Waals surface area contributed by atoms with Crippen LogP contribution < -0.4 is 19.4 Å². The van der Waals surface area contributed by atoms with E-state index in [2.05, 4.69) is 4.90 Å². The fourth-order valence-electron chi connectivity index (χ4n) is 5.30. The third-order valence-corrected chi connectivity index (χ3v) is 7.05. The number of imide groups is 1. The second-order valence-electron chi connectivity index (χ2n) is 8.97. The van der Waals surface area contributed by atoms with Crippen LogP contribution in [0.15, 0.2) is 54.6 Å². The van der Waals surface area contributed by atoms with Gasteiger partial charge in [0, 0.05) is 32.2 Å². The molecule has 2 aromatic carbocycles. The fourth-order valence-corrected chi connectivity index (χ4v) is 5.30. The SMILES string of the molecule is CCOc1ccccc1N1CCN(c2ccc(N3C(=O)[C@H]4CC=CC[C@@H]4C3=O)cc2[N+](=O)[O-])CC1. The normalized spacial score (nSPS) is 21.9. The van der Waals surface area contributed by atoms with E-state index in [4.69, 9.17) is 4.74 Å². The molecule has 0 spiro atoms. The van der Waals surface area contributed by atoms with Crippen LogP contribution in [0.4, 0.5) is 22.7 Å². The molecular formula is C26H28N4O5. The maximum Gasteiger partial charge on any atom is 0.294 e. The van der Waals surface area contributed by atoms with Crippen LogP contribution in [0.25, 0.3) is 0 Å².